The Balaban J connectivity index is 1.47. The molecule has 1 aliphatic rings. The minimum absolute atomic E-state index is 0.183. The Morgan fingerprint density at radius 3 is 2.58 bits per heavy atom. The molecule has 134 valence electrons. The van der Waals surface area contributed by atoms with Crippen molar-refractivity contribution in [3.05, 3.63) is 41.5 Å². The number of rotatable bonds is 5. The molecule has 0 saturated heterocycles. The first-order valence-electron chi connectivity index (χ1n) is 8.70. The lowest BCUT2D eigenvalue weighted by Gasteiger charge is -2.05. The van der Waals surface area contributed by atoms with Crippen LogP contribution in [0.3, 0.4) is 0 Å². The molecule has 0 atom stereocenters. The van der Waals surface area contributed by atoms with Crippen molar-refractivity contribution in [1.29, 1.82) is 0 Å². The SMILES string of the molecule is Cc1nc(NC(=O)c2ccc(-c3noc(C4CC4)n3)cc2)nn1C(C)C. The highest BCUT2D eigenvalue weighted by Gasteiger charge is 2.29. The van der Waals surface area contributed by atoms with Crippen molar-refractivity contribution in [2.24, 2.45) is 0 Å². The topological polar surface area (TPSA) is 98.7 Å². The standard InChI is InChI=1S/C18H20N6O2/c1-10(2)24-11(3)19-18(22-24)21-16(25)13-6-4-12(5-7-13)15-20-17(26-23-15)14-8-9-14/h4-7,10,14H,8-9H2,1-3H3,(H,21,22,25). The maximum Gasteiger partial charge on any atom is 0.258 e. The molecule has 1 N–H and O–H groups in total. The van der Waals surface area contributed by atoms with Crippen molar-refractivity contribution >= 4 is 11.9 Å². The summed E-state index contributed by atoms with van der Waals surface area (Å²) in [7, 11) is 0. The molecule has 1 aliphatic carbocycles. The molecule has 1 saturated carbocycles. The first-order chi connectivity index (χ1) is 12.5. The van der Waals surface area contributed by atoms with E-state index in [0.29, 0.717) is 29.1 Å². The molecule has 8 nitrogen and oxygen atoms in total. The summed E-state index contributed by atoms with van der Waals surface area (Å²) in [5, 5.41) is 11.0. The van der Waals surface area contributed by atoms with E-state index in [1.807, 2.05) is 32.9 Å². The molecule has 4 rings (SSSR count). The summed E-state index contributed by atoms with van der Waals surface area (Å²) in [5.41, 5.74) is 1.33. The molecule has 3 aromatic rings. The molecule has 0 spiro atoms. The molecular weight excluding hydrogens is 332 g/mol. The first-order valence-corrected chi connectivity index (χ1v) is 8.70. The summed E-state index contributed by atoms with van der Waals surface area (Å²) in [6.45, 7) is 5.88. The third kappa shape index (κ3) is 3.22. The quantitative estimate of drug-likeness (QED) is 0.756. The van der Waals surface area contributed by atoms with Gasteiger partial charge in [0.25, 0.3) is 5.91 Å². The number of aryl methyl sites for hydroxylation is 1. The van der Waals surface area contributed by atoms with E-state index < -0.39 is 0 Å². The number of nitrogens with zero attached hydrogens (tertiary/aromatic N) is 5. The molecule has 1 amide bonds. The number of hydrogen-bond acceptors (Lipinski definition) is 6. The van der Waals surface area contributed by atoms with E-state index in [2.05, 4.69) is 25.5 Å². The van der Waals surface area contributed by atoms with Gasteiger partial charge in [-0.25, -0.2) is 4.68 Å². The zero-order valence-electron chi connectivity index (χ0n) is 14.9. The highest BCUT2D eigenvalue weighted by Crippen LogP contribution is 2.39. The number of hydrogen-bond donors (Lipinski definition) is 1. The molecule has 0 radical (unpaired) electrons. The van der Waals surface area contributed by atoms with Crippen LogP contribution in [0.5, 0.6) is 0 Å². The van der Waals surface area contributed by atoms with E-state index >= 15 is 0 Å². The summed E-state index contributed by atoms with van der Waals surface area (Å²) in [4.78, 5) is 21.1. The monoisotopic (exact) mass is 352 g/mol. The average Bonchev–Trinajstić information content (AvgIpc) is 3.23. The Morgan fingerprint density at radius 1 is 1.23 bits per heavy atom. The zero-order valence-corrected chi connectivity index (χ0v) is 14.9. The predicted molar refractivity (Wildman–Crippen MR) is 94.8 cm³/mol. The van der Waals surface area contributed by atoms with Crippen LogP contribution >= 0.6 is 0 Å². The smallest absolute Gasteiger partial charge is 0.258 e. The maximum absolute atomic E-state index is 12.4. The molecular formula is C18H20N6O2. The number of nitrogens with one attached hydrogen (secondary N) is 1. The number of anilines is 1. The summed E-state index contributed by atoms with van der Waals surface area (Å²) in [5.74, 6) is 2.47. The molecule has 0 unspecified atom stereocenters. The summed E-state index contributed by atoms with van der Waals surface area (Å²) < 4.78 is 7.04. The van der Waals surface area contributed by atoms with Gasteiger partial charge in [-0.2, -0.15) is 9.97 Å². The Labute approximate surface area is 150 Å². The van der Waals surface area contributed by atoms with E-state index in [1.165, 1.54) is 0 Å². The predicted octanol–water partition coefficient (Wildman–Crippen LogP) is 3.35. The minimum Gasteiger partial charge on any atom is -0.339 e. The highest BCUT2D eigenvalue weighted by molar-refractivity contribution is 6.03. The zero-order chi connectivity index (χ0) is 18.3. The number of amides is 1. The van der Waals surface area contributed by atoms with Gasteiger partial charge in [0.1, 0.15) is 5.82 Å². The van der Waals surface area contributed by atoms with Crippen LogP contribution in [0.2, 0.25) is 0 Å². The van der Waals surface area contributed by atoms with Gasteiger partial charge in [-0.15, -0.1) is 5.10 Å². The Morgan fingerprint density at radius 2 is 1.96 bits per heavy atom. The van der Waals surface area contributed by atoms with Gasteiger partial charge < -0.3 is 4.52 Å². The van der Waals surface area contributed by atoms with Crippen LogP contribution in [-0.2, 0) is 0 Å². The van der Waals surface area contributed by atoms with Gasteiger partial charge in [0.15, 0.2) is 0 Å². The lowest BCUT2D eigenvalue weighted by Crippen LogP contribution is -2.13. The van der Waals surface area contributed by atoms with E-state index in [-0.39, 0.29) is 11.9 Å². The number of aromatic nitrogens is 5. The van der Waals surface area contributed by atoms with Gasteiger partial charge >= 0.3 is 0 Å². The fraction of sp³-hybridized carbons (Fsp3) is 0.389. The van der Waals surface area contributed by atoms with Crippen LogP contribution in [0, 0.1) is 6.92 Å². The molecule has 0 aliphatic heterocycles. The van der Waals surface area contributed by atoms with Gasteiger partial charge in [0.05, 0.1) is 0 Å². The van der Waals surface area contributed by atoms with Crippen LogP contribution < -0.4 is 5.32 Å². The molecule has 2 heterocycles. The largest absolute Gasteiger partial charge is 0.339 e. The van der Waals surface area contributed by atoms with Crippen molar-refractivity contribution in [2.45, 2.75) is 45.6 Å². The Kier molecular flexibility index (Phi) is 4.02. The van der Waals surface area contributed by atoms with E-state index in [4.69, 9.17) is 4.52 Å². The Bertz CT molecular complexity index is 937. The lowest BCUT2D eigenvalue weighted by molar-refractivity contribution is 0.102. The number of carbonyl (C=O) groups is 1. The van der Waals surface area contributed by atoms with Crippen molar-refractivity contribution < 1.29 is 9.32 Å². The highest BCUT2D eigenvalue weighted by atomic mass is 16.5. The van der Waals surface area contributed by atoms with Gasteiger partial charge in [-0.05, 0) is 45.7 Å². The molecule has 26 heavy (non-hydrogen) atoms. The molecule has 1 aromatic carbocycles. The Hall–Kier alpha value is -3.03. The lowest BCUT2D eigenvalue weighted by atomic mass is 10.1. The molecule has 0 bridgehead atoms. The third-order valence-corrected chi connectivity index (χ3v) is 4.29. The van der Waals surface area contributed by atoms with Crippen LogP contribution in [0.4, 0.5) is 5.95 Å². The minimum atomic E-state index is -0.260. The second kappa shape index (κ2) is 6.36. The second-order valence-corrected chi connectivity index (χ2v) is 6.78. The van der Waals surface area contributed by atoms with E-state index in [0.717, 1.165) is 24.2 Å². The van der Waals surface area contributed by atoms with Crippen molar-refractivity contribution in [3.63, 3.8) is 0 Å². The van der Waals surface area contributed by atoms with Crippen LogP contribution in [0.25, 0.3) is 11.4 Å². The molecule has 1 fully saturated rings. The normalized spacial score (nSPS) is 14.0. The molecule has 8 heteroatoms. The second-order valence-electron chi connectivity index (χ2n) is 6.78. The van der Waals surface area contributed by atoms with Crippen molar-refractivity contribution in [3.8, 4) is 11.4 Å². The first kappa shape index (κ1) is 16.4. The van der Waals surface area contributed by atoms with Gasteiger partial charge in [0.2, 0.25) is 17.7 Å². The van der Waals surface area contributed by atoms with Gasteiger partial charge in [0, 0.05) is 23.1 Å². The van der Waals surface area contributed by atoms with Crippen molar-refractivity contribution in [2.75, 3.05) is 5.32 Å². The fourth-order valence-corrected chi connectivity index (χ4v) is 2.74. The fourth-order valence-electron chi connectivity index (χ4n) is 2.74. The summed E-state index contributed by atoms with van der Waals surface area (Å²) in [6, 6.07) is 7.25. The van der Waals surface area contributed by atoms with Crippen LogP contribution in [0.15, 0.2) is 28.8 Å². The third-order valence-electron chi connectivity index (χ3n) is 4.29. The number of carbonyl (C=O) groups excluding carboxylic acids is 1. The van der Waals surface area contributed by atoms with E-state index in [9.17, 15) is 4.79 Å². The summed E-state index contributed by atoms with van der Waals surface area (Å²) >= 11 is 0. The van der Waals surface area contributed by atoms with Gasteiger partial charge in [-0.3, -0.25) is 10.1 Å². The molecule has 2 aromatic heterocycles. The maximum atomic E-state index is 12.4. The van der Waals surface area contributed by atoms with Crippen LogP contribution in [0.1, 0.15) is 60.7 Å². The van der Waals surface area contributed by atoms with Crippen molar-refractivity contribution in [1.82, 2.24) is 24.9 Å². The van der Waals surface area contributed by atoms with Crippen LogP contribution in [-0.4, -0.2) is 30.8 Å². The average molecular weight is 352 g/mol. The number of benzene rings is 1. The summed E-state index contributed by atoms with van der Waals surface area (Å²) in [6.07, 6.45) is 2.22. The van der Waals surface area contributed by atoms with Gasteiger partial charge in [-0.1, -0.05) is 17.3 Å². The van der Waals surface area contributed by atoms with E-state index in [1.54, 1.807) is 16.8 Å².